The molecule has 0 atom stereocenters. The Kier molecular flexibility index (Phi) is 1.37. The normalized spacial score (nSPS) is 9.82. The lowest BCUT2D eigenvalue weighted by atomic mass is 10.4. The van der Waals surface area contributed by atoms with E-state index in [1.807, 2.05) is 0 Å². The highest BCUT2D eigenvalue weighted by molar-refractivity contribution is 5.44. The lowest BCUT2D eigenvalue weighted by Gasteiger charge is -1.88. The third-order valence-electron chi connectivity index (χ3n) is 1.19. The Balaban J connectivity index is 2.46. The number of hydrogen-bond acceptors (Lipinski definition) is 4. The number of hydrogen-bond donors (Lipinski definition) is 0. The number of oxazole rings is 1. The summed E-state index contributed by atoms with van der Waals surface area (Å²) in [6.45, 7) is 0. The van der Waals surface area contributed by atoms with Crippen molar-refractivity contribution in [3.05, 3.63) is 31.1 Å². The summed E-state index contributed by atoms with van der Waals surface area (Å²) in [7, 11) is 0. The fraction of sp³-hybridized carbons (Fsp3) is 0. The van der Waals surface area contributed by atoms with Crippen LogP contribution in [0.25, 0.3) is 11.6 Å². The van der Waals surface area contributed by atoms with Gasteiger partial charge >= 0.3 is 0 Å². The molecule has 0 aliphatic carbocycles. The van der Waals surface area contributed by atoms with Crippen LogP contribution in [0, 0.1) is 6.33 Å². The Hall–Kier alpha value is -1.71. The van der Waals surface area contributed by atoms with Crippen LogP contribution in [0.4, 0.5) is 0 Å². The largest absolute Gasteiger partial charge is 0.443 e. The molecule has 53 valence electrons. The Labute approximate surface area is 62.9 Å². The first-order chi connectivity index (χ1) is 5.47. The minimum absolute atomic E-state index is 0.489. The summed E-state index contributed by atoms with van der Waals surface area (Å²) < 4.78 is 5.00. The molecule has 4 nitrogen and oxygen atoms in total. The predicted molar refractivity (Wildman–Crippen MR) is 36.4 cm³/mol. The summed E-state index contributed by atoms with van der Waals surface area (Å²) in [5, 5.41) is 0. The van der Waals surface area contributed by atoms with Gasteiger partial charge in [-0.2, -0.15) is 0 Å². The molecule has 0 saturated heterocycles. The highest BCUT2D eigenvalue weighted by Gasteiger charge is 2.00. The van der Waals surface area contributed by atoms with Crippen molar-refractivity contribution < 1.29 is 4.42 Å². The summed E-state index contributed by atoms with van der Waals surface area (Å²) in [6, 6.07) is 1.71. The van der Waals surface area contributed by atoms with E-state index in [0.29, 0.717) is 11.6 Å². The second-order valence-corrected chi connectivity index (χ2v) is 1.88. The zero-order valence-electron chi connectivity index (χ0n) is 5.56. The number of nitrogens with zero attached hydrogens (tertiary/aromatic N) is 3. The SMILES string of the molecule is [c]1nccc(-c2ncco2)n1. The second kappa shape index (κ2) is 2.49. The molecule has 2 rings (SSSR count). The molecule has 0 amide bonds. The molecule has 0 aliphatic rings. The molecule has 2 aromatic heterocycles. The van der Waals surface area contributed by atoms with Crippen LogP contribution in [-0.4, -0.2) is 15.0 Å². The van der Waals surface area contributed by atoms with Crippen molar-refractivity contribution in [2.75, 3.05) is 0 Å². The summed E-state index contributed by atoms with van der Waals surface area (Å²) >= 11 is 0. The first-order valence-corrected chi connectivity index (χ1v) is 3.06. The molecule has 4 heteroatoms. The van der Waals surface area contributed by atoms with Gasteiger partial charge < -0.3 is 4.42 Å². The van der Waals surface area contributed by atoms with Gasteiger partial charge in [-0.15, -0.1) is 0 Å². The van der Waals surface area contributed by atoms with E-state index in [-0.39, 0.29) is 0 Å². The second-order valence-electron chi connectivity index (χ2n) is 1.88. The molecule has 0 spiro atoms. The number of rotatable bonds is 1. The quantitative estimate of drug-likeness (QED) is 0.600. The topological polar surface area (TPSA) is 51.8 Å². The van der Waals surface area contributed by atoms with E-state index in [1.165, 1.54) is 6.26 Å². The van der Waals surface area contributed by atoms with Crippen LogP contribution in [0.5, 0.6) is 0 Å². The van der Waals surface area contributed by atoms with Gasteiger partial charge in [-0.25, -0.2) is 15.0 Å². The molecular weight excluding hydrogens is 142 g/mol. The van der Waals surface area contributed by atoms with Crippen LogP contribution in [0.15, 0.2) is 29.1 Å². The maximum Gasteiger partial charge on any atom is 0.245 e. The lowest BCUT2D eigenvalue weighted by molar-refractivity contribution is 0.571. The van der Waals surface area contributed by atoms with E-state index in [4.69, 9.17) is 4.42 Å². The van der Waals surface area contributed by atoms with Crippen LogP contribution < -0.4 is 0 Å². The van der Waals surface area contributed by atoms with Crippen LogP contribution in [0.1, 0.15) is 0 Å². The van der Waals surface area contributed by atoms with Crippen molar-refractivity contribution in [1.82, 2.24) is 15.0 Å². The highest BCUT2D eigenvalue weighted by atomic mass is 16.3. The van der Waals surface area contributed by atoms with Gasteiger partial charge in [0.15, 0.2) is 6.33 Å². The van der Waals surface area contributed by atoms with Crippen LogP contribution in [0.3, 0.4) is 0 Å². The average molecular weight is 146 g/mol. The lowest BCUT2D eigenvalue weighted by Crippen LogP contribution is -1.82. The van der Waals surface area contributed by atoms with Crippen molar-refractivity contribution in [3.63, 3.8) is 0 Å². The zero-order chi connectivity index (χ0) is 7.52. The van der Waals surface area contributed by atoms with Crippen molar-refractivity contribution >= 4 is 0 Å². The van der Waals surface area contributed by atoms with Crippen molar-refractivity contribution in [2.24, 2.45) is 0 Å². The third-order valence-corrected chi connectivity index (χ3v) is 1.19. The summed E-state index contributed by atoms with van der Waals surface area (Å²) in [6.07, 6.45) is 7.10. The fourth-order valence-corrected chi connectivity index (χ4v) is 0.730. The summed E-state index contributed by atoms with van der Waals surface area (Å²) in [5.41, 5.74) is 0.644. The standard InChI is InChI=1S/C7H4N3O/c1-2-8-5-10-6(1)7-9-3-4-11-7/h1-4H. The maximum atomic E-state index is 5.00. The first-order valence-electron chi connectivity index (χ1n) is 3.06. The predicted octanol–water partition coefficient (Wildman–Crippen LogP) is 0.932. The molecule has 0 fully saturated rings. The molecule has 0 aromatic carbocycles. The van der Waals surface area contributed by atoms with Gasteiger partial charge in [0.05, 0.1) is 6.20 Å². The molecule has 0 unspecified atom stereocenters. The van der Waals surface area contributed by atoms with E-state index in [9.17, 15) is 0 Å². The van der Waals surface area contributed by atoms with Gasteiger partial charge in [0.25, 0.3) is 0 Å². The molecule has 0 saturated carbocycles. The first kappa shape index (κ1) is 6.03. The molecule has 11 heavy (non-hydrogen) atoms. The van der Waals surface area contributed by atoms with Gasteiger partial charge in [0, 0.05) is 6.20 Å². The van der Waals surface area contributed by atoms with Crippen molar-refractivity contribution in [1.29, 1.82) is 0 Å². The molecule has 0 aliphatic heterocycles. The van der Waals surface area contributed by atoms with Crippen LogP contribution >= 0.6 is 0 Å². The number of aromatic nitrogens is 3. The Bertz CT molecular complexity index is 317. The van der Waals surface area contributed by atoms with Gasteiger partial charge in [-0.3, -0.25) is 0 Å². The molecule has 2 aromatic rings. The summed E-state index contributed by atoms with van der Waals surface area (Å²) in [5.74, 6) is 0.489. The molecule has 0 N–H and O–H groups in total. The van der Waals surface area contributed by atoms with Gasteiger partial charge in [-0.1, -0.05) is 0 Å². The molecule has 0 bridgehead atoms. The summed E-state index contributed by atoms with van der Waals surface area (Å²) in [4.78, 5) is 11.4. The Morgan fingerprint density at radius 1 is 1.36 bits per heavy atom. The molecule has 1 radical (unpaired) electrons. The van der Waals surface area contributed by atoms with Crippen molar-refractivity contribution in [2.45, 2.75) is 0 Å². The van der Waals surface area contributed by atoms with Gasteiger partial charge in [0.1, 0.15) is 12.0 Å². The highest BCUT2D eigenvalue weighted by Crippen LogP contribution is 2.10. The van der Waals surface area contributed by atoms with Crippen molar-refractivity contribution in [3.8, 4) is 11.6 Å². The van der Waals surface area contributed by atoms with Gasteiger partial charge in [-0.05, 0) is 6.07 Å². The Morgan fingerprint density at radius 3 is 3.00 bits per heavy atom. The van der Waals surface area contributed by atoms with E-state index >= 15 is 0 Å². The van der Waals surface area contributed by atoms with Crippen LogP contribution in [0.2, 0.25) is 0 Å². The minimum atomic E-state index is 0.489. The fourth-order valence-electron chi connectivity index (χ4n) is 0.730. The minimum Gasteiger partial charge on any atom is -0.443 e. The van der Waals surface area contributed by atoms with E-state index in [0.717, 1.165) is 0 Å². The van der Waals surface area contributed by atoms with E-state index in [2.05, 4.69) is 21.3 Å². The Morgan fingerprint density at radius 2 is 2.36 bits per heavy atom. The van der Waals surface area contributed by atoms with E-state index in [1.54, 1.807) is 18.5 Å². The van der Waals surface area contributed by atoms with E-state index < -0.39 is 0 Å². The molecule has 2 heterocycles. The maximum absolute atomic E-state index is 5.00. The monoisotopic (exact) mass is 146 g/mol. The molecular formula is C7H4N3O. The zero-order valence-corrected chi connectivity index (χ0v) is 5.56. The third kappa shape index (κ3) is 1.10. The van der Waals surface area contributed by atoms with Gasteiger partial charge in [0.2, 0.25) is 5.89 Å². The average Bonchev–Trinajstić information content (AvgIpc) is 2.58. The van der Waals surface area contributed by atoms with Crippen LogP contribution in [-0.2, 0) is 0 Å². The smallest absolute Gasteiger partial charge is 0.245 e.